The molecule has 0 spiro atoms. The number of aromatic nitrogens is 3. The van der Waals surface area contributed by atoms with Crippen LogP contribution >= 0.6 is 11.8 Å². The third-order valence-corrected chi connectivity index (χ3v) is 6.62. The molecule has 34 heavy (non-hydrogen) atoms. The molecule has 1 N–H and O–H groups in total. The lowest BCUT2D eigenvalue weighted by atomic mass is 10.1. The lowest BCUT2D eigenvalue weighted by Crippen LogP contribution is -2.37. The molecular formula is C25H25FN4O3S. The fraction of sp³-hybridized carbons (Fsp3) is 0.280. The summed E-state index contributed by atoms with van der Waals surface area (Å²) in [4.78, 5) is 2.07. The summed E-state index contributed by atoms with van der Waals surface area (Å²) in [5.41, 5.74) is 0.635. The second kappa shape index (κ2) is 10.4. The number of halogens is 1. The Hall–Kier alpha value is -3.14. The first kappa shape index (κ1) is 22.6. The fourth-order valence-electron chi connectivity index (χ4n) is 3.83. The topological polar surface area (TPSA) is 72.6 Å². The van der Waals surface area contributed by atoms with Gasteiger partial charge in [-0.2, -0.15) is 0 Å². The van der Waals surface area contributed by atoms with Gasteiger partial charge in [-0.3, -0.25) is 4.57 Å². The van der Waals surface area contributed by atoms with Crippen molar-refractivity contribution < 1.29 is 19.0 Å². The van der Waals surface area contributed by atoms with Gasteiger partial charge in [0.05, 0.1) is 25.0 Å². The van der Waals surface area contributed by atoms with Crippen molar-refractivity contribution in [3.63, 3.8) is 0 Å². The highest BCUT2D eigenvalue weighted by Crippen LogP contribution is 2.28. The third-order valence-electron chi connectivity index (χ3n) is 5.54. The first-order chi connectivity index (χ1) is 16.7. The van der Waals surface area contributed by atoms with E-state index in [-0.39, 0.29) is 12.4 Å². The van der Waals surface area contributed by atoms with Crippen LogP contribution in [-0.2, 0) is 4.74 Å². The van der Waals surface area contributed by atoms with E-state index in [1.807, 2.05) is 53.1 Å². The number of ether oxygens (including phenoxy) is 2. The number of hydrogen-bond acceptors (Lipinski definition) is 7. The zero-order valence-corrected chi connectivity index (χ0v) is 19.3. The zero-order valence-electron chi connectivity index (χ0n) is 18.5. The van der Waals surface area contributed by atoms with E-state index in [2.05, 4.69) is 15.1 Å². The van der Waals surface area contributed by atoms with Crippen LogP contribution in [0.2, 0.25) is 0 Å². The molecule has 4 aromatic rings. The maximum atomic E-state index is 14.0. The van der Waals surface area contributed by atoms with Crippen LogP contribution < -0.4 is 9.64 Å². The third kappa shape index (κ3) is 5.16. The van der Waals surface area contributed by atoms with E-state index in [1.54, 1.807) is 6.07 Å². The number of rotatable bonds is 8. The molecule has 9 heteroatoms. The van der Waals surface area contributed by atoms with Crippen LogP contribution in [0.15, 0.2) is 71.9 Å². The predicted molar refractivity (Wildman–Crippen MR) is 131 cm³/mol. The highest BCUT2D eigenvalue weighted by Gasteiger charge is 2.22. The largest absolute Gasteiger partial charge is 0.491 e. The normalized spacial score (nSPS) is 14.9. The van der Waals surface area contributed by atoms with Crippen LogP contribution in [0, 0.1) is 5.82 Å². The second-order valence-electron chi connectivity index (χ2n) is 7.98. The molecule has 1 aliphatic heterocycles. The van der Waals surface area contributed by atoms with E-state index >= 15 is 0 Å². The van der Waals surface area contributed by atoms with Crippen LogP contribution in [0.4, 0.5) is 10.3 Å². The smallest absolute Gasteiger partial charge is 0.232 e. The van der Waals surface area contributed by atoms with Crippen LogP contribution in [-0.4, -0.2) is 64.6 Å². The number of anilines is 1. The van der Waals surface area contributed by atoms with Gasteiger partial charge in [-0.15, -0.1) is 10.2 Å². The molecule has 1 aliphatic rings. The van der Waals surface area contributed by atoms with Crippen LogP contribution in [0.1, 0.15) is 0 Å². The van der Waals surface area contributed by atoms with E-state index in [1.165, 1.54) is 23.9 Å². The number of aliphatic hydroxyl groups excluding tert-OH is 1. The number of hydrogen-bond donors (Lipinski definition) is 1. The number of thioether (sulfide) groups is 1. The average molecular weight is 481 g/mol. The minimum atomic E-state index is -0.721. The Morgan fingerprint density at radius 3 is 2.65 bits per heavy atom. The number of fused-ring (bicyclic) bond motifs is 1. The van der Waals surface area contributed by atoms with Gasteiger partial charge < -0.3 is 19.5 Å². The summed E-state index contributed by atoms with van der Waals surface area (Å²) in [7, 11) is 0. The number of nitrogens with zero attached hydrogens (tertiary/aromatic N) is 4. The molecule has 0 radical (unpaired) electrons. The van der Waals surface area contributed by atoms with E-state index in [4.69, 9.17) is 9.47 Å². The van der Waals surface area contributed by atoms with Gasteiger partial charge in [-0.05, 0) is 41.1 Å². The molecule has 0 amide bonds. The highest BCUT2D eigenvalue weighted by molar-refractivity contribution is 7.99. The van der Waals surface area contributed by atoms with E-state index < -0.39 is 6.10 Å². The summed E-state index contributed by atoms with van der Waals surface area (Å²) < 4.78 is 27.1. The molecule has 1 atom stereocenters. The zero-order chi connectivity index (χ0) is 23.3. The number of aliphatic hydroxyl groups is 1. The minimum absolute atomic E-state index is 0.149. The number of morpholine rings is 1. The quantitative estimate of drug-likeness (QED) is 0.383. The predicted octanol–water partition coefficient (Wildman–Crippen LogP) is 3.93. The van der Waals surface area contributed by atoms with Crippen molar-refractivity contribution in [3.8, 4) is 11.4 Å². The maximum absolute atomic E-state index is 14.0. The molecule has 7 nitrogen and oxygen atoms in total. The summed E-state index contributed by atoms with van der Waals surface area (Å²) in [5.74, 6) is 1.36. The molecule has 1 unspecified atom stereocenters. The second-order valence-corrected chi connectivity index (χ2v) is 8.97. The SMILES string of the molecule is OC(COc1ccc2ccccc2c1)CSc1nnc(N2CCOCC2)n1-c1cccc(F)c1. The lowest BCUT2D eigenvalue weighted by Gasteiger charge is -2.28. The monoisotopic (exact) mass is 480 g/mol. The van der Waals surface area contributed by atoms with Gasteiger partial charge >= 0.3 is 0 Å². The van der Waals surface area contributed by atoms with Crippen LogP contribution in [0.3, 0.4) is 0 Å². The van der Waals surface area contributed by atoms with Gasteiger partial charge in [-0.1, -0.05) is 48.2 Å². The summed E-state index contributed by atoms with van der Waals surface area (Å²) >= 11 is 1.36. The molecule has 0 aliphatic carbocycles. The Balaban J connectivity index is 1.28. The molecule has 5 rings (SSSR count). The summed E-state index contributed by atoms with van der Waals surface area (Å²) in [6.07, 6.45) is -0.721. The van der Waals surface area contributed by atoms with Gasteiger partial charge in [0.2, 0.25) is 5.95 Å². The lowest BCUT2D eigenvalue weighted by molar-refractivity contribution is 0.122. The van der Waals surface area contributed by atoms with E-state index in [0.29, 0.717) is 54.6 Å². The maximum Gasteiger partial charge on any atom is 0.232 e. The van der Waals surface area contributed by atoms with Crippen molar-refractivity contribution >= 4 is 28.5 Å². The molecule has 176 valence electrons. The van der Waals surface area contributed by atoms with Gasteiger partial charge in [0.1, 0.15) is 18.2 Å². The van der Waals surface area contributed by atoms with Crippen LogP contribution in [0.25, 0.3) is 16.5 Å². The Morgan fingerprint density at radius 1 is 1.00 bits per heavy atom. The van der Waals surface area contributed by atoms with Crippen molar-refractivity contribution in [2.45, 2.75) is 11.3 Å². The molecule has 0 bridgehead atoms. The Labute approximate surface area is 201 Å². The fourth-order valence-corrected chi connectivity index (χ4v) is 4.69. The van der Waals surface area contributed by atoms with E-state index in [9.17, 15) is 9.50 Å². The summed E-state index contributed by atoms with van der Waals surface area (Å²) in [6, 6.07) is 20.3. The van der Waals surface area contributed by atoms with Gasteiger partial charge in [0, 0.05) is 18.8 Å². The average Bonchev–Trinajstić information content (AvgIpc) is 3.30. The first-order valence-corrected chi connectivity index (χ1v) is 12.1. The highest BCUT2D eigenvalue weighted by atomic mass is 32.2. The molecule has 1 fully saturated rings. The van der Waals surface area contributed by atoms with Gasteiger partial charge in [0.15, 0.2) is 5.16 Å². The van der Waals surface area contributed by atoms with Crippen molar-refractivity contribution in [2.75, 3.05) is 43.6 Å². The Morgan fingerprint density at radius 2 is 1.82 bits per heavy atom. The Bertz CT molecular complexity index is 1260. The van der Waals surface area contributed by atoms with Crippen LogP contribution in [0.5, 0.6) is 5.75 Å². The standard InChI is InChI=1S/C25H25FN4O3S/c26-20-6-3-7-21(15-20)30-24(29-10-12-32-13-11-29)27-28-25(30)34-17-22(31)16-33-23-9-8-18-4-1-2-5-19(18)14-23/h1-9,14-15,22,31H,10-13,16-17H2. The van der Waals surface area contributed by atoms with Gasteiger partial charge in [-0.25, -0.2) is 4.39 Å². The minimum Gasteiger partial charge on any atom is -0.491 e. The van der Waals surface area contributed by atoms with Crippen molar-refractivity contribution in [3.05, 3.63) is 72.5 Å². The van der Waals surface area contributed by atoms with Gasteiger partial charge in [0.25, 0.3) is 0 Å². The summed E-state index contributed by atoms with van der Waals surface area (Å²) in [5, 5.41) is 22.1. The molecule has 3 aromatic carbocycles. The summed E-state index contributed by atoms with van der Waals surface area (Å²) in [6.45, 7) is 2.71. The molecular weight excluding hydrogens is 455 g/mol. The molecule has 0 saturated carbocycles. The first-order valence-electron chi connectivity index (χ1n) is 11.1. The molecule has 1 aromatic heterocycles. The van der Waals surface area contributed by atoms with E-state index in [0.717, 1.165) is 10.8 Å². The van der Waals surface area contributed by atoms with Crippen molar-refractivity contribution in [1.82, 2.24) is 14.8 Å². The molecule has 1 saturated heterocycles. The molecule has 2 heterocycles. The van der Waals surface area contributed by atoms with Crippen molar-refractivity contribution in [2.24, 2.45) is 0 Å². The number of benzene rings is 3. The van der Waals surface area contributed by atoms with Crippen molar-refractivity contribution in [1.29, 1.82) is 0 Å². The Kier molecular flexibility index (Phi) is 6.94.